The zero-order valence-corrected chi connectivity index (χ0v) is 21.6. The molecule has 2 aromatic rings. The minimum Gasteiger partial charge on any atom is -0.352 e. The normalized spacial score (nSPS) is 13.1. The predicted molar refractivity (Wildman–Crippen MR) is 133 cm³/mol. The van der Waals surface area contributed by atoms with Crippen molar-refractivity contribution in [3.05, 3.63) is 64.4 Å². The summed E-state index contributed by atoms with van der Waals surface area (Å²) in [7, 11) is -3.86. The molecule has 0 fully saturated rings. The van der Waals surface area contributed by atoms with E-state index in [-0.39, 0.29) is 24.2 Å². The van der Waals surface area contributed by atoms with Crippen LogP contribution >= 0.6 is 11.6 Å². The minimum atomic E-state index is -3.86. The van der Waals surface area contributed by atoms with Gasteiger partial charge < -0.3 is 10.2 Å². The van der Waals surface area contributed by atoms with E-state index < -0.39 is 34.3 Å². The average Bonchev–Trinajstić information content (AvgIpc) is 2.77. The monoisotopic (exact) mass is 511 g/mol. The number of nitrogens with one attached hydrogen (secondary N) is 1. The number of rotatable bonds is 10. The molecule has 34 heavy (non-hydrogen) atoms. The van der Waals surface area contributed by atoms with E-state index in [4.69, 9.17) is 11.6 Å². The van der Waals surface area contributed by atoms with Crippen LogP contribution in [-0.4, -0.2) is 50.0 Å². The third kappa shape index (κ3) is 7.17. The molecule has 7 nitrogen and oxygen atoms in total. The lowest BCUT2D eigenvalue weighted by Crippen LogP contribution is -2.52. The molecule has 0 radical (unpaired) electrons. The van der Waals surface area contributed by atoms with Crippen molar-refractivity contribution >= 4 is 39.1 Å². The third-order valence-electron chi connectivity index (χ3n) is 5.62. The second kappa shape index (κ2) is 11.7. The fraction of sp³-hybridized carbons (Fsp3) is 0.417. The molecule has 0 aliphatic heterocycles. The van der Waals surface area contributed by atoms with Crippen LogP contribution in [0.25, 0.3) is 0 Å². The van der Waals surface area contributed by atoms with Gasteiger partial charge in [-0.3, -0.25) is 13.9 Å². The molecule has 1 N–H and O–H groups in total. The lowest BCUT2D eigenvalue weighted by molar-refractivity contribution is -0.139. The molecular weight excluding hydrogens is 481 g/mol. The first kappa shape index (κ1) is 27.6. The van der Waals surface area contributed by atoms with Crippen molar-refractivity contribution < 1.29 is 22.4 Å². The van der Waals surface area contributed by atoms with E-state index in [0.29, 0.717) is 22.6 Å². The molecule has 0 spiro atoms. The third-order valence-corrected chi connectivity index (χ3v) is 7.16. The first-order valence-corrected chi connectivity index (χ1v) is 13.1. The molecule has 2 rings (SSSR count). The van der Waals surface area contributed by atoms with Gasteiger partial charge in [0.05, 0.1) is 11.9 Å². The van der Waals surface area contributed by atoms with Crippen LogP contribution in [0.5, 0.6) is 0 Å². The van der Waals surface area contributed by atoms with Gasteiger partial charge in [0.25, 0.3) is 0 Å². The quantitative estimate of drug-likeness (QED) is 0.524. The Hall–Kier alpha value is -2.65. The highest BCUT2D eigenvalue weighted by molar-refractivity contribution is 7.92. The number of amides is 2. The van der Waals surface area contributed by atoms with Gasteiger partial charge in [-0.1, -0.05) is 36.7 Å². The summed E-state index contributed by atoms with van der Waals surface area (Å²) < 4.78 is 39.6. The maximum absolute atomic E-state index is 13.5. The molecule has 186 valence electrons. The lowest BCUT2D eigenvalue weighted by atomic mass is 10.1. The fourth-order valence-corrected chi connectivity index (χ4v) is 4.37. The van der Waals surface area contributed by atoms with Gasteiger partial charge in [-0.25, -0.2) is 12.8 Å². The fourth-order valence-electron chi connectivity index (χ4n) is 3.30. The SMILES string of the molecule is CCC(C)NC(=O)C(C)N(Cc1ccc(F)cc1)C(=O)CN(c1cccc(Cl)c1C)S(C)(=O)=O. The van der Waals surface area contributed by atoms with Crippen LogP contribution in [0.3, 0.4) is 0 Å². The van der Waals surface area contributed by atoms with E-state index in [2.05, 4.69) is 5.32 Å². The van der Waals surface area contributed by atoms with E-state index in [0.717, 1.165) is 10.6 Å². The van der Waals surface area contributed by atoms with Crippen LogP contribution in [0.1, 0.15) is 38.3 Å². The van der Waals surface area contributed by atoms with Gasteiger partial charge in [-0.2, -0.15) is 0 Å². The number of hydrogen-bond donors (Lipinski definition) is 1. The summed E-state index contributed by atoms with van der Waals surface area (Å²) in [4.78, 5) is 27.6. The Labute approximate surface area is 205 Å². The number of anilines is 1. The molecule has 0 heterocycles. The molecule has 0 saturated heterocycles. The highest BCUT2D eigenvalue weighted by Crippen LogP contribution is 2.28. The van der Waals surface area contributed by atoms with E-state index >= 15 is 0 Å². The van der Waals surface area contributed by atoms with Gasteiger partial charge in [0.15, 0.2) is 0 Å². The maximum atomic E-state index is 13.5. The number of benzene rings is 2. The van der Waals surface area contributed by atoms with Crippen molar-refractivity contribution in [2.45, 2.75) is 52.7 Å². The van der Waals surface area contributed by atoms with E-state index in [1.54, 1.807) is 32.0 Å². The Kier molecular flexibility index (Phi) is 9.46. The molecule has 2 atom stereocenters. The van der Waals surface area contributed by atoms with E-state index in [9.17, 15) is 22.4 Å². The first-order chi connectivity index (χ1) is 15.8. The van der Waals surface area contributed by atoms with Crippen LogP contribution in [0, 0.1) is 12.7 Å². The van der Waals surface area contributed by atoms with Crippen molar-refractivity contribution in [3.63, 3.8) is 0 Å². The van der Waals surface area contributed by atoms with E-state index in [1.807, 2.05) is 13.8 Å². The van der Waals surface area contributed by atoms with Crippen molar-refractivity contribution in [2.75, 3.05) is 17.1 Å². The van der Waals surface area contributed by atoms with Gasteiger partial charge in [-0.15, -0.1) is 0 Å². The summed E-state index contributed by atoms with van der Waals surface area (Å²) in [6.07, 6.45) is 1.71. The van der Waals surface area contributed by atoms with E-state index in [1.165, 1.54) is 29.2 Å². The standard InChI is InChI=1S/C24H31ClFN3O4S/c1-6-16(2)27-24(31)18(4)28(14-19-10-12-20(26)13-11-19)23(30)15-29(34(5,32)33)22-9-7-8-21(25)17(22)3/h7-13,16,18H,6,14-15H2,1-5H3,(H,27,31). The smallest absolute Gasteiger partial charge is 0.244 e. The average molecular weight is 512 g/mol. The molecule has 0 aliphatic carbocycles. The highest BCUT2D eigenvalue weighted by Gasteiger charge is 2.31. The lowest BCUT2D eigenvalue weighted by Gasteiger charge is -2.32. The van der Waals surface area contributed by atoms with Crippen molar-refractivity contribution in [1.82, 2.24) is 10.2 Å². The van der Waals surface area contributed by atoms with Crippen molar-refractivity contribution in [2.24, 2.45) is 0 Å². The molecule has 0 aromatic heterocycles. The largest absolute Gasteiger partial charge is 0.352 e. The number of hydrogen-bond acceptors (Lipinski definition) is 4. The van der Waals surface area contributed by atoms with Crippen LogP contribution in [0.2, 0.25) is 5.02 Å². The number of carbonyl (C=O) groups excluding carboxylic acids is 2. The Morgan fingerprint density at radius 1 is 1.12 bits per heavy atom. The Morgan fingerprint density at radius 3 is 2.29 bits per heavy atom. The Balaban J connectivity index is 2.42. The van der Waals surface area contributed by atoms with Gasteiger partial charge in [0.2, 0.25) is 21.8 Å². The summed E-state index contributed by atoms with van der Waals surface area (Å²) in [5.41, 5.74) is 1.39. The molecular formula is C24H31ClFN3O4S. The maximum Gasteiger partial charge on any atom is 0.244 e. The zero-order chi connectivity index (χ0) is 25.6. The van der Waals surface area contributed by atoms with Gasteiger partial charge in [0.1, 0.15) is 18.4 Å². The van der Waals surface area contributed by atoms with Crippen LogP contribution in [0.4, 0.5) is 10.1 Å². The van der Waals surface area contributed by atoms with Crippen LogP contribution in [-0.2, 0) is 26.2 Å². The topological polar surface area (TPSA) is 86.8 Å². The summed E-state index contributed by atoms with van der Waals surface area (Å²) in [5.74, 6) is -1.38. The molecule has 0 bridgehead atoms. The second-order valence-corrected chi connectivity index (χ2v) is 10.6. The van der Waals surface area contributed by atoms with Crippen molar-refractivity contribution in [1.29, 1.82) is 0 Å². The van der Waals surface area contributed by atoms with Gasteiger partial charge in [-0.05, 0) is 62.6 Å². The zero-order valence-electron chi connectivity index (χ0n) is 20.0. The Bertz CT molecular complexity index is 1130. The molecule has 2 amide bonds. The molecule has 2 aromatic carbocycles. The summed E-state index contributed by atoms with van der Waals surface area (Å²) in [6.45, 7) is 6.49. The van der Waals surface area contributed by atoms with Crippen molar-refractivity contribution in [3.8, 4) is 0 Å². The molecule has 0 aliphatic rings. The number of carbonyl (C=O) groups is 2. The predicted octanol–water partition coefficient (Wildman–Crippen LogP) is 3.89. The molecule has 2 unspecified atom stereocenters. The summed E-state index contributed by atoms with van der Waals surface area (Å²) in [5, 5.41) is 3.21. The van der Waals surface area contributed by atoms with Crippen LogP contribution < -0.4 is 9.62 Å². The summed E-state index contributed by atoms with van der Waals surface area (Å²) in [6, 6.07) is 9.37. The Morgan fingerprint density at radius 2 is 1.74 bits per heavy atom. The van der Waals surface area contributed by atoms with Gasteiger partial charge >= 0.3 is 0 Å². The van der Waals surface area contributed by atoms with Crippen LogP contribution in [0.15, 0.2) is 42.5 Å². The molecule has 10 heteroatoms. The van der Waals surface area contributed by atoms with Gasteiger partial charge in [0, 0.05) is 17.6 Å². The summed E-state index contributed by atoms with van der Waals surface area (Å²) >= 11 is 6.18. The number of sulfonamides is 1. The second-order valence-electron chi connectivity index (χ2n) is 8.30. The number of nitrogens with zero attached hydrogens (tertiary/aromatic N) is 2. The number of halogens is 2. The highest BCUT2D eigenvalue weighted by atomic mass is 35.5. The first-order valence-electron chi connectivity index (χ1n) is 10.9. The molecule has 0 saturated carbocycles. The minimum absolute atomic E-state index is 0.000333.